The molecule has 0 atom stereocenters. The van der Waals surface area contributed by atoms with E-state index in [-0.39, 0.29) is 11.3 Å². The Hall–Kier alpha value is -2.20. The van der Waals surface area contributed by atoms with Crippen LogP contribution in [0.15, 0.2) is 36.4 Å². The van der Waals surface area contributed by atoms with Crippen molar-refractivity contribution in [3.05, 3.63) is 64.5 Å². The minimum atomic E-state index is -0.560. The standard InChI is InChI=1S/C17H16FNO2/c1-21-14-4-5-15(16(18)9-14)17(20)12-3-2-11-6-7-19-10-13(11)8-12/h2-5,8-9,19H,6-7,10H2,1H3. The van der Waals surface area contributed by atoms with Crippen LogP contribution in [0.4, 0.5) is 4.39 Å². The van der Waals surface area contributed by atoms with E-state index in [4.69, 9.17) is 4.74 Å². The summed E-state index contributed by atoms with van der Waals surface area (Å²) in [5, 5.41) is 3.27. The van der Waals surface area contributed by atoms with Crippen molar-refractivity contribution in [3.63, 3.8) is 0 Å². The first kappa shape index (κ1) is 13.8. The zero-order valence-electron chi connectivity index (χ0n) is 11.8. The summed E-state index contributed by atoms with van der Waals surface area (Å²) in [4.78, 5) is 12.5. The first-order chi connectivity index (χ1) is 10.2. The van der Waals surface area contributed by atoms with Gasteiger partial charge in [-0.15, -0.1) is 0 Å². The lowest BCUT2D eigenvalue weighted by Crippen LogP contribution is -2.23. The van der Waals surface area contributed by atoms with Crippen molar-refractivity contribution in [2.45, 2.75) is 13.0 Å². The molecule has 0 amide bonds. The van der Waals surface area contributed by atoms with Crippen LogP contribution in [-0.4, -0.2) is 19.4 Å². The van der Waals surface area contributed by atoms with Crippen molar-refractivity contribution >= 4 is 5.78 Å². The first-order valence-electron chi connectivity index (χ1n) is 6.90. The van der Waals surface area contributed by atoms with E-state index in [2.05, 4.69) is 5.32 Å². The van der Waals surface area contributed by atoms with Gasteiger partial charge in [-0.1, -0.05) is 12.1 Å². The van der Waals surface area contributed by atoms with Crippen molar-refractivity contribution in [2.24, 2.45) is 0 Å². The summed E-state index contributed by atoms with van der Waals surface area (Å²) in [5.74, 6) is -0.461. The van der Waals surface area contributed by atoms with Gasteiger partial charge in [-0.05, 0) is 42.3 Å². The summed E-state index contributed by atoms with van der Waals surface area (Å²) in [5.41, 5.74) is 2.95. The molecule has 0 radical (unpaired) electrons. The van der Waals surface area contributed by atoms with E-state index in [9.17, 15) is 9.18 Å². The summed E-state index contributed by atoms with van der Waals surface area (Å²) in [7, 11) is 1.47. The molecule has 2 aromatic rings. The van der Waals surface area contributed by atoms with Gasteiger partial charge in [0.2, 0.25) is 0 Å². The number of hydrogen-bond donors (Lipinski definition) is 1. The van der Waals surface area contributed by atoms with E-state index in [1.807, 2.05) is 12.1 Å². The van der Waals surface area contributed by atoms with Crippen molar-refractivity contribution in [1.82, 2.24) is 5.32 Å². The molecule has 21 heavy (non-hydrogen) atoms. The van der Waals surface area contributed by atoms with Crippen LogP contribution in [-0.2, 0) is 13.0 Å². The molecule has 1 heterocycles. The molecular weight excluding hydrogens is 269 g/mol. The number of ketones is 1. The second-order valence-corrected chi connectivity index (χ2v) is 5.09. The van der Waals surface area contributed by atoms with Gasteiger partial charge in [0.25, 0.3) is 0 Å². The summed E-state index contributed by atoms with van der Waals surface area (Å²) in [6.45, 7) is 1.70. The summed E-state index contributed by atoms with van der Waals surface area (Å²) < 4.78 is 18.9. The molecule has 0 saturated carbocycles. The van der Waals surface area contributed by atoms with Gasteiger partial charge in [-0.25, -0.2) is 4.39 Å². The van der Waals surface area contributed by atoms with E-state index >= 15 is 0 Å². The maximum Gasteiger partial charge on any atom is 0.195 e. The monoisotopic (exact) mass is 285 g/mol. The van der Waals surface area contributed by atoms with Crippen molar-refractivity contribution < 1.29 is 13.9 Å². The molecule has 1 aliphatic rings. The topological polar surface area (TPSA) is 38.3 Å². The molecule has 4 heteroatoms. The average molecular weight is 285 g/mol. The predicted octanol–water partition coefficient (Wildman–Crippen LogP) is 2.71. The van der Waals surface area contributed by atoms with E-state index in [0.717, 1.165) is 25.1 Å². The molecule has 0 unspecified atom stereocenters. The van der Waals surface area contributed by atoms with Crippen LogP contribution < -0.4 is 10.1 Å². The van der Waals surface area contributed by atoms with Gasteiger partial charge < -0.3 is 10.1 Å². The third-order valence-electron chi connectivity index (χ3n) is 3.78. The quantitative estimate of drug-likeness (QED) is 0.881. The largest absolute Gasteiger partial charge is 0.497 e. The Kier molecular flexibility index (Phi) is 3.71. The number of ether oxygens (including phenoxy) is 1. The Labute approximate surface area is 122 Å². The smallest absolute Gasteiger partial charge is 0.195 e. The number of rotatable bonds is 3. The van der Waals surface area contributed by atoms with Crippen LogP contribution in [0.1, 0.15) is 27.0 Å². The zero-order valence-corrected chi connectivity index (χ0v) is 11.8. The van der Waals surface area contributed by atoms with Crippen LogP contribution >= 0.6 is 0 Å². The number of carbonyl (C=O) groups is 1. The van der Waals surface area contributed by atoms with Crippen LogP contribution in [0.5, 0.6) is 5.75 Å². The first-order valence-corrected chi connectivity index (χ1v) is 6.90. The maximum atomic E-state index is 14.0. The Morgan fingerprint density at radius 2 is 2.05 bits per heavy atom. The highest BCUT2D eigenvalue weighted by Gasteiger charge is 2.17. The van der Waals surface area contributed by atoms with Gasteiger partial charge in [-0.3, -0.25) is 4.79 Å². The fourth-order valence-corrected chi connectivity index (χ4v) is 2.58. The Morgan fingerprint density at radius 1 is 1.19 bits per heavy atom. The fourth-order valence-electron chi connectivity index (χ4n) is 2.58. The summed E-state index contributed by atoms with van der Waals surface area (Å²) in [6, 6.07) is 9.88. The van der Waals surface area contributed by atoms with E-state index in [1.54, 1.807) is 12.1 Å². The number of carbonyl (C=O) groups excluding carboxylic acids is 1. The van der Waals surface area contributed by atoms with Gasteiger partial charge in [0, 0.05) is 18.2 Å². The highest BCUT2D eigenvalue weighted by Crippen LogP contribution is 2.22. The molecular formula is C17H16FNO2. The molecule has 1 N–H and O–H groups in total. The van der Waals surface area contributed by atoms with E-state index in [1.165, 1.54) is 24.8 Å². The number of methoxy groups -OCH3 is 1. The van der Waals surface area contributed by atoms with Crippen molar-refractivity contribution in [2.75, 3.05) is 13.7 Å². The van der Waals surface area contributed by atoms with Crippen LogP contribution in [0.3, 0.4) is 0 Å². The molecule has 0 aromatic heterocycles. The molecule has 3 nitrogen and oxygen atoms in total. The third kappa shape index (κ3) is 2.67. The van der Waals surface area contributed by atoms with Crippen LogP contribution in [0.2, 0.25) is 0 Å². The molecule has 0 aliphatic carbocycles. The summed E-state index contributed by atoms with van der Waals surface area (Å²) in [6.07, 6.45) is 0.959. The SMILES string of the molecule is COc1ccc(C(=O)c2ccc3c(c2)CNCC3)c(F)c1. The van der Waals surface area contributed by atoms with E-state index < -0.39 is 5.82 Å². The molecule has 2 aromatic carbocycles. The Bertz CT molecular complexity index is 697. The minimum Gasteiger partial charge on any atom is -0.497 e. The molecule has 1 aliphatic heterocycles. The van der Waals surface area contributed by atoms with Crippen LogP contribution in [0.25, 0.3) is 0 Å². The number of hydrogen-bond acceptors (Lipinski definition) is 3. The van der Waals surface area contributed by atoms with Gasteiger partial charge in [-0.2, -0.15) is 0 Å². The molecule has 0 bridgehead atoms. The number of halogens is 1. The molecule has 0 spiro atoms. The van der Waals surface area contributed by atoms with E-state index in [0.29, 0.717) is 11.3 Å². The van der Waals surface area contributed by atoms with Gasteiger partial charge >= 0.3 is 0 Å². The fraction of sp³-hybridized carbons (Fsp3) is 0.235. The Morgan fingerprint density at radius 3 is 2.81 bits per heavy atom. The van der Waals surface area contributed by atoms with Gasteiger partial charge in [0.1, 0.15) is 11.6 Å². The van der Waals surface area contributed by atoms with Crippen LogP contribution in [0, 0.1) is 5.82 Å². The molecule has 0 fully saturated rings. The molecule has 108 valence electrons. The highest BCUT2D eigenvalue weighted by atomic mass is 19.1. The predicted molar refractivity (Wildman–Crippen MR) is 78.2 cm³/mol. The minimum absolute atomic E-state index is 0.0690. The maximum absolute atomic E-state index is 14.0. The second kappa shape index (κ2) is 5.66. The summed E-state index contributed by atoms with van der Waals surface area (Å²) >= 11 is 0. The number of fused-ring (bicyclic) bond motifs is 1. The lowest BCUT2D eigenvalue weighted by molar-refractivity contribution is 0.103. The molecule has 3 rings (SSSR count). The number of nitrogens with one attached hydrogen (secondary N) is 1. The van der Waals surface area contributed by atoms with Gasteiger partial charge in [0.15, 0.2) is 5.78 Å². The van der Waals surface area contributed by atoms with Gasteiger partial charge in [0.05, 0.1) is 12.7 Å². The lowest BCUT2D eigenvalue weighted by Gasteiger charge is -2.17. The van der Waals surface area contributed by atoms with Crippen molar-refractivity contribution in [3.8, 4) is 5.75 Å². The highest BCUT2D eigenvalue weighted by molar-refractivity contribution is 6.09. The average Bonchev–Trinajstić information content (AvgIpc) is 2.53. The number of benzene rings is 2. The Balaban J connectivity index is 1.95. The van der Waals surface area contributed by atoms with Crippen molar-refractivity contribution in [1.29, 1.82) is 0 Å². The molecule has 0 saturated heterocycles. The normalized spacial score (nSPS) is 13.6. The lowest BCUT2D eigenvalue weighted by atomic mass is 9.95. The third-order valence-corrected chi connectivity index (χ3v) is 3.78. The second-order valence-electron chi connectivity index (χ2n) is 5.09. The zero-order chi connectivity index (χ0) is 14.8.